The Bertz CT molecular complexity index is 232. The van der Waals surface area contributed by atoms with Crippen LogP contribution in [0.1, 0.15) is 34.1 Å². The zero-order valence-corrected chi connectivity index (χ0v) is 10.6. The SMILES string of the molecule is CC(C)(C)N(C(=O)O)[C@@]1(C)CCNC1.Cl. The molecule has 4 nitrogen and oxygen atoms in total. The number of nitrogens with one attached hydrogen (secondary N) is 1. The Morgan fingerprint density at radius 3 is 2.27 bits per heavy atom. The maximum Gasteiger partial charge on any atom is 0.408 e. The second kappa shape index (κ2) is 4.58. The highest BCUT2D eigenvalue weighted by atomic mass is 35.5. The van der Waals surface area contributed by atoms with E-state index in [-0.39, 0.29) is 23.5 Å². The molecule has 0 unspecified atom stereocenters. The molecule has 0 aromatic carbocycles. The zero-order chi connectivity index (χ0) is 11.0. The maximum absolute atomic E-state index is 11.2. The van der Waals surface area contributed by atoms with E-state index in [0.29, 0.717) is 0 Å². The quantitative estimate of drug-likeness (QED) is 0.732. The smallest absolute Gasteiger partial charge is 0.408 e. The Hall–Kier alpha value is -0.480. The fourth-order valence-electron chi connectivity index (χ4n) is 2.32. The summed E-state index contributed by atoms with van der Waals surface area (Å²) in [6.07, 6.45) is 0.0556. The standard InChI is InChI=1S/C10H20N2O2.ClH/c1-9(2,3)12(8(13)14)10(4)5-6-11-7-10;/h11H,5-7H2,1-4H3,(H,13,14);1H/t10-;/m0./s1. The van der Waals surface area contributed by atoms with Crippen molar-refractivity contribution in [2.45, 2.75) is 45.2 Å². The third-order valence-electron chi connectivity index (χ3n) is 2.75. The normalized spacial score (nSPS) is 25.9. The molecule has 0 radical (unpaired) electrons. The number of carboxylic acid groups (broad SMARTS) is 1. The molecule has 0 bridgehead atoms. The summed E-state index contributed by atoms with van der Waals surface area (Å²) in [6.45, 7) is 9.46. The lowest BCUT2D eigenvalue weighted by Crippen LogP contribution is -2.59. The number of hydrogen-bond acceptors (Lipinski definition) is 2. The first-order valence-corrected chi connectivity index (χ1v) is 5.01. The Labute approximate surface area is 97.4 Å². The van der Waals surface area contributed by atoms with E-state index in [9.17, 15) is 9.90 Å². The molecule has 1 saturated heterocycles. The number of hydrogen-bond donors (Lipinski definition) is 2. The predicted molar refractivity (Wildman–Crippen MR) is 62.8 cm³/mol. The van der Waals surface area contributed by atoms with Gasteiger partial charge in [0.25, 0.3) is 0 Å². The minimum atomic E-state index is -0.830. The average molecular weight is 237 g/mol. The van der Waals surface area contributed by atoms with Crippen molar-refractivity contribution >= 4 is 18.5 Å². The van der Waals surface area contributed by atoms with Crippen molar-refractivity contribution in [3.8, 4) is 0 Å². The number of halogens is 1. The molecule has 1 aliphatic rings. The number of rotatable bonds is 1. The molecular formula is C10H21ClN2O2. The number of nitrogens with zero attached hydrogens (tertiary/aromatic N) is 1. The monoisotopic (exact) mass is 236 g/mol. The van der Waals surface area contributed by atoms with Crippen LogP contribution in [0.2, 0.25) is 0 Å². The highest BCUT2D eigenvalue weighted by molar-refractivity contribution is 5.85. The lowest BCUT2D eigenvalue weighted by atomic mass is 9.92. The van der Waals surface area contributed by atoms with Crippen LogP contribution in [0.3, 0.4) is 0 Å². The molecule has 0 aromatic rings. The van der Waals surface area contributed by atoms with E-state index in [2.05, 4.69) is 5.32 Å². The molecule has 0 aromatic heterocycles. The van der Waals surface area contributed by atoms with Crippen molar-refractivity contribution in [1.82, 2.24) is 10.2 Å². The highest BCUT2D eigenvalue weighted by Gasteiger charge is 2.43. The molecule has 0 aliphatic carbocycles. The fraction of sp³-hybridized carbons (Fsp3) is 0.900. The van der Waals surface area contributed by atoms with Gasteiger partial charge in [0, 0.05) is 12.1 Å². The van der Waals surface area contributed by atoms with Crippen molar-refractivity contribution in [3.63, 3.8) is 0 Å². The van der Waals surface area contributed by atoms with Crippen LogP contribution >= 0.6 is 12.4 Å². The van der Waals surface area contributed by atoms with Crippen LogP contribution in [0, 0.1) is 0 Å². The molecule has 1 atom stereocenters. The van der Waals surface area contributed by atoms with Crippen LogP contribution in [-0.4, -0.2) is 40.3 Å². The number of carbonyl (C=O) groups is 1. The van der Waals surface area contributed by atoms with E-state index in [4.69, 9.17) is 0 Å². The first kappa shape index (κ1) is 14.5. The van der Waals surface area contributed by atoms with Crippen molar-refractivity contribution < 1.29 is 9.90 Å². The van der Waals surface area contributed by atoms with Crippen LogP contribution in [-0.2, 0) is 0 Å². The van der Waals surface area contributed by atoms with Gasteiger partial charge in [-0.25, -0.2) is 4.79 Å². The van der Waals surface area contributed by atoms with Crippen LogP contribution < -0.4 is 5.32 Å². The van der Waals surface area contributed by atoms with Gasteiger partial charge in [-0.1, -0.05) is 0 Å². The first-order chi connectivity index (χ1) is 6.27. The molecule has 1 rings (SSSR count). The number of amides is 1. The van der Waals surface area contributed by atoms with Gasteiger partial charge in [0.05, 0.1) is 5.54 Å². The topological polar surface area (TPSA) is 52.6 Å². The third kappa shape index (κ3) is 2.98. The van der Waals surface area contributed by atoms with E-state index in [1.165, 1.54) is 0 Å². The molecule has 90 valence electrons. The van der Waals surface area contributed by atoms with E-state index in [1.807, 2.05) is 27.7 Å². The van der Waals surface area contributed by atoms with Crippen molar-refractivity contribution in [1.29, 1.82) is 0 Å². The Morgan fingerprint density at radius 1 is 1.47 bits per heavy atom. The van der Waals surface area contributed by atoms with Crippen LogP contribution in [0.4, 0.5) is 4.79 Å². The van der Waals surface area contributed by atoms with Crippen molar-refractivity contribution in [2.75, 3.05) is 13.1 Å². The summed E-state index contributed by atoms with van der Waals surface area (Å²) in [5.74, 6) is 0. The average Bonchev–Trinajstić information content (AvgIpc) is 2.31. The molecule has 1 aliphatic heterocycles. The van der Waals surface area contributed by atoms with Gasteiger partial charge >= 0.3 is 6.09 Å². The van der Waals surface area contributed by atoms with Gasteiger partial charge in [0.1, 0.15) is 0 Å². The molecule has 0 spiro atoms. The molecule has 1 heterocycles. The molecule has 15 heavy (non-hydrogen) atoms. The maximum atomic E-state index is 11.2. The van der Waals surface area contributed by atoms with Crippen molar-refractivity contribution in [3.05, 3.63) is 0 Å². The lowest BCUT2D eigenvalue weighted by molar-refractivity contribution is 0.0338. The predicted octanol–water partition coefficient (Wildman–Crippen LogP) is 1.94. The summed E-state index contributed by atoms with van der Waals surface area (Å²) in [5.41, 5.74) is -0.601. The highest BCUT2D eigenvalue weighted by Crippen LogP contribution is 2.29. The Kier molecular flexibility index (Phi) is 4.43. The minimum Gasteiger partial charge on any atom is -0.465 e. The largest absolute Gasteiger partial charge is 0.465 e. The van der Waals surface area contributed by atoms with Gasteiger partial charge in [-0.15, -0.1) is 12.4 Å². The van der Waals surface area contributed by atoms with Gasteiger partial charge < -0.3 is 10.4 Å². The molecule has 1 amide bonds. The summed E-state index contributed by atoms with van der Waals surface area (Å²) in [4.78, 5) is 12.8. The van der Waals surface area contributed by atoms with Gasteiger partial charge in [0.2, 0.25) is 0 Å². The van der Waals surface area contributed by atoms with Crippen molar-refractivity contribution in [2.24, 2.45) is 0 Å². The Morgan fingerprint density at radius 2 is 2.00 bits per heavy atom. The van der Waals surface area contributed by atoms with E-state index in [1.54, 1.807) is 4.90 Å². The van der Waals surface area contributed by atoms with Gasteiger partial charge in [0.15, 0.2) is 0 Å². The van der Waals surface area contributed by atoms with E-state index >= 15 is 0 Å². The van der Waals surface area contributed by atoms with E-state index < -0.39 is 6.09 Å². The lowest BCUT2D eigenvalue weighted by Gasteiger charge is -2.44. The summed E-state index contributed by atoms with van der Waals surface area (Å²) < 4.78 is 0. The van der Waals surface area contributed by atoms with Crippen LogP contribution in [0.15, 0.2) is 0 Å². The Balaban J connectivity index is 0.00000196. The molecular weight excluding hydrogens is 216 g/mol. The van der Waals surface area contributed by atoms with Crippen LogP contribution in [0.25, 0.3) is 0 Å². The second-order valence-corrected chi connectivity index (χ2v) is 5.21. The molecule has 2 N–H and O–H groups in total. The van der Waals surface area contributed by atoms with Gasteiger partial charge in [-0.2, -0.15) is 0 Å². The van der Waals surface area contributed by atoms with Gasteiger partial charge in [-0.05, 0) is 40.7 Å². The first-order valence-electron chi connectivity index (χ1n) is 5.01. The summed E-state index contributed by atoms with van der Waals surface area (Å²) in [7, 11) is 0. The summed E-state index contributed by atoms with van der Waals surface area (Å²) in [5, 5.41) is 12.4. The van der Waals surface area contributed by atoms with E-state index in [0.717, 1.165) is 19.5 Å². The zero-order valence-electron chi connectivity index (χ0n) is 9.83. The minimum absolute atomic E-state index is 0. The van der Waals surface area contributed by atoms with Crippen LogP contribution in [0.5, 0.6) is 0 Å². The fourth-order valence-corrected chi connectivity index (χ4v) is 2.32. The second-order valence-electron chi connectivity index (χ2n) is 5.21. The van der Waals surface area contributed by atoms with Gasteiger partial charge in [-0.3, -0.25) is 4.90 Å². The summed E-state index contributed by atoms with van der Waals surface area (Å²) >= 11 is 0. The molecule has 0 saturated carbocycles. The summed E-state index contributed by atoms with van der Waals surface area (Å²) in [6, 6.07) is 0. The molecule has 1 fully saturated rings. The molecule has 5 heteroatoms. The third-order valence-corrected chi connectivity index (χ3v) is 2.75.